The molecule has 0 unspecified atom stereocenters. The third-order valence-electron chi connectivity index (χ3n) is 4.32. The highest BCUT2D eigenvalue weighted by molar-refractivity contribution is 6.30. The van der Waals surface area contributed by atoms with E-state index in [-0.39, 0.29) is 10.6 Å². The topological polar surface area (TPSA) is 73.2 Å². The van der Waals surface area contributed by atoms with E-state index < -0.39 is 24.3 Å². The molecule has 3 rings (SSSR count). The van der Waals surface area contributed by atoms with Gasteiger partial charge in [0.15, 0.2) is 6.61 Å². The average Bonchev–Trinajstić information content (AvgIpc) is 2.97. The molecule has 0 bridgehead atoms. The molecular weight excluding hydrogens is 397 g/mol. The summed E-state index contributed by atoms with van der Waals surface area (Å²) in [5.41, 5.74) is 3.53. The number of aryl methyl sites for hydroxylation is 2. The number of amides is 1. The first-order valence-corrected chi connectivity index (χ1v) is 9.19. The zero-order valence-electron chi connectivity index (χ0n) is 16.1. The van der Waals surface area contributed by atoms with Crippen LogP contribution in [0.15, 0.2) is 42.5 Å². The molecule has 150 valence electrons. The van der Waals surface area contributed by atoms with Crippen molar-refractivity contribution >= 4 is 29.2 Å². The van der Waals surface area contributed by atoms with E-state index in [1.165, 1.54) is 6.07 Å². The number of rotatable bonds is 5. The van der Waals surface area contributed by atoms with Gasteiger partial charge in [-0.1, -0.05) is 29.3 Å². The van der Waals surface area contributed by atoms with E-state index in [0.717, 1.165) is 29.1 Å². The Morgan fingerprint density at radius 3 is 2.52 bits per heavy atom. The monoisotopic (exact) mass is 415 g/mol. The predicted molar refractivity (Wildman–Crippen MR) is 108 cm³/mol. The summed E-state index contributed by atoms with van der Waals surface area (Å²) in [6.07, 6.45) is 0. The second kappa shape index (κ2) is 8.45. The predicted octanol–water partition coefficient (Wildman–Crippen LogP) is 4.39. The van der Waals surface area contributed by atoms with Gasteiger partial charge in [-0.05, 0) is 51.1 Å². The van der Waals surface area contributed by atoms with Crippen molar-refractivity contribution in [1.82, 2.24) is 9.78 Å². The summed E-state index contributed by atoms with van der Waals surface area (Å²) < 4.78 is 20.3. The summed E-state index contributed by atoms with van der Waals surface area (Å²) in [6.45, 7) is 5.01. The van der Waals surface area contributed by atoms with E-state index in [9.17, 15) is 14.0 Å². The number of hydrogen-bond donors (Lipinski definition) is 1. The second-order valence-corrected chi connectivity index (χ2v) is 6.98. The Balaban J connectivity index is 1.69. The number of benzene rings is 2. The molecule has 3 aromatic rings. The number of anilines is 1. The lowest BCUT2D eigenvalue weighted by atomic mass is 10.2. The Bertz CT molecular complexity index is 1080. The third kappa shape index (κ3) is 4.63. The summed E-state index contributed by atoms with van der Waals surface area (Å²) in [5.74, 6) is -2.30. The highest BCUT2D eigenvalue weighted by Crippen LogP contribution is 2.23. The summed E-state index contributed by atoms with van der Waals surface area (Å²) in [4.78, 5) is 24.3. The van der Waals surface area contributed by atoms with Crippen LogP contribution in [0.3, 0.4) is 0 Å². The molecule has 1 heterocycles. The number of nitrogens with one attached hydrogen (secondary N) is 1. The van der Waals surface area contributed by atoms with Crippen molar-refractivity contribution in [3.63, 3.8) is 0 Å². The molecule has 0 radical (unpaired) electrons. The van der Waals surface area contributed by atoms with Gasteiger partial charge >= 0.3 is 5.97 Å². The third-order valence-corrected chi connectivity index (χ3v) is 4.55. The van der Waals surface area contributed by atoms with Crippen LogP contribution in [0.1, 0.15) is 27.3 Å². The van der Waals surface area contributed by atoms with E-state index in [1.54, 1.807) is 11.6 Å². The van der Waals surface area contributed by atoms with E-state index in [0.29, 0.717) is 11.4 Å². The second-order valence-electron chi connectivity index (χ2n) is 6.54. The van der Waals surface area contributed by atoms with Gasteiger partial charge in [-0.2, -0.15) is 5.10 Å². The van der Waals surface area contributed by atoms with E-state index >= 15 is 0 Å². The van der Waals surface area contributed by atoms with E-state index in [4.69, 9.17) is 16.3 Å². The molecule has 8 heteroatoms. The molecule has 1 N–H and O–H groups in total. The first kappa shape index (κ1) is 20.5. The minimum absolute atomic E-state index is 0.192. The van der Waals surface area contributed by atoms with E-state index in [1.807, 2.05) is 38.1 Å². The summed E-state index contributed by atoms with van der Waals surface area (Å²) in [7, 11) is 0. The van der Waals surface area contributed by atoms with Gasteiger partial charge in [0.05, 0.1) is 28.3 Å². The molecule has 29 heavy (non-hydrogen) atoms. The van der Waals surface area contributed by atoms with Crippen molar-refractivity contribution in [2.45, 2.75) is 20.8 Å². The van der Waals surface area contributed by atoms with Gasteiger partial charge in [0.2, 0.25) is 0 Å². The Hall–Kier alpha value is -3.19. The quantitative estimate of drug-likeness (QED) is 0.627. The number of carbonyl (C=O) groups is 2. The van der Waals surface area contributed by atoms with Crippen molar-refractivity contribution < 1.29 is 18.7 Å². The number of esters is 1. The molecule has 0 fully saturated rings. The Kier molecular flexibility index (Phi) is 5.98. The Labute approximate surface area is 172 Å². The molecule has 0 spiro atoms. The lowest BCUT2D eigenvalue weighted by Crippen LogP contribution is -2.22. The lowest BCUT2D eigenvalue weighted by Gasteiger charge is -2.09. The molecular formula is C21H19ClFN3O3. The standard InChI is InChI=1S/C21H19ClFN3O3/c1-12-4-7-16(8-5-12)26-14(3)20(13(2)25-26)24-19(27)11-29-21(28)17-10-15(22)6-9-18(17)23/h4-10H,11H2,1-3H3,(H,24,27). The van der Waals surface area contributed by atoms with Crippen LogP contribution in [0.5, 0.6) is 0 Å². The van der Waals surface area contributed by atoms with Crippen molar-refractivity contribution in [3.05, 3.63) is 75.8 Å². The van der Waals surface area contributed by atoms with E-state index in [2.05, 4.69) is 10.4 Å². The number of carbonyl (C=O) groups excluding carboxylic acids is 2. The zero-order valence-corrected chi connectivity index (χ0v) is 16.9. The largest absolute Gasteiger partial charge is 0.452 e. The lowest BCUT2D eigenvalue weighted by molar-refractivity contribution is -0.119. The van der Waals surface area contributed by atoms with Crippen LogP contribution in [-0.2, 0) is 9.53 Å². The molecule has 0 saturated carbocycles. The minimum atomic E-state index is -0.969. The van der Waals surface area contributed by atoms with Crippen LogP contribution in [0.25, 0.3) is 5.69 Å². The van der Waals surface area contributed by atoms with Crippen molar-refractivity contribution in [1.29, 1.82) is 0 Å². The highest BCUT2D eigenvalue weighted by atomic mass is 35.5. The fourth-order valence-electron chi connectivity index (χ4n) is 2.80. The Morgan fingerprint density at radius 2 is 1.83 bits per heavy atom. The fourth-order valence-corrected chi connectivity index (χ4v) is 2.97. The van der Waals surface area contributed by atoms with Crippen LogP contribution in [0, 0.1) is 26.6 Å². The molecule has 0 aliphatic carbocycles. The van der Waals surface area contributed by atoms with Crippen LogP contribution in [0.2, 0.25) is 5.02 Å². The maximum Gasteiger partial charge on any atom is 0.341 e. The fraction of sp³-hybridized carbons (Fsp3) is 0.190. The first-order chi connectivity index (χ1) is 13.8. The van der Waals surface area contributed by atoms with Gasteiger partial charge in [-0.25, -0.2) is 13.9 Å². The first-order valence-electron chi connectivity index (χ1n) is 8.81. The van der Waals surface area contributed by atoms with Crippen molar-refractivity contribution in [3.8, 4) is 5.69 Å². The highest BCUT2D eigenvalue weighted by Gasteiger charge is 2.18. The van der Waals surface area contributed by atoms with Crippen LogP contribution < -0.4 is 5.32 Å². The smallest absolute Gasteiger partial charge is 0.341 e. The van der Waals surface area contributed by atoms with Crippen LogP contribution in [-0.4, -0.2) is 28.3 Å². The van der Waals surface area contributed by atoms with Crippen LogP contribution in [0.4, 0.5) is 10.1 Å². The summed E-state index contributed by atoms with van der Waals surface area (Å²) in [6, 6.07) is 11.3. The SMILES string of the molecule is Cc1ccc(-n2nc(C)c(NC(=O)COC(=O)c3cc(Cl)ccc3F)c2C)cc1. The molecule has 0 atom stereocenters. The molecule has 0 aliphatic heterocycles. The van der Waals surface area contributed by atoms with Gasteiger partial charge in [0, 0.05) is 5.02 Å². The molecule has 0 aliphatic rings. The average molecular weight is 416 g/mol. The molecule has 2 aromatic carbocycles. The van der Waals surface area contributed by atoms with Gasteiger partial charge in [0.1, 0.15) is 5.82 Å². The number of hydrogen-bond acceptors (Lipinski definition) is 4. The molecule has 1 amide bonds. The van der Waals surface area contributed by atoms with Crippen LogP contribution >= 0.6 is 11.6 Å². The minimum Gasteiger partial charge on any atom is -0.452 e. The zero-order chi connectivity index (χ0) is 21.1. The maximum absolute atomic E-state index is 13.7. The van der Waals surface area contributed by atoms with Gasteiger partial charge in [-0.15, -0.1) is 0 Å². The normalized spacial score (nSPS) is 10.7. The number of ether oxygens (including phenoxy) is 1. The van der Waals surface area contributed by atoms with Gasteiger partial charge < -0.3 is 10.1 Å². The molecule has 6 nitrogen and oxygen atoms in total. The number of aromatic nitrogens is 2. The maximum atomic E-state index is 13.7. The van der Waals surface area contributed by atoms with Gasteiger partial charge in [0.25, 0.3) is 5.91 Å². The van der Waals surface area contributed by atoms with Crippen molar-refractivity contribution in [2.75, 3.05) is 11.9 Å². The van der Waals surface area contributed by atoms with Gasteiger partial charge in [-0.3, -0.25) is 4.79 Å². The summed E-state index contributed by atoms with van der Waals surface area (Å²) in [5, 5.41) is 7.34. The summed E-state index contributed by atoms with van der Waals surface area (Å²) >= 11 is 5.76. The number of nitrogens with zero attached hydrogens (tertiary/aromatic N) is 2. The van der Waals surface area contributed by atoms with Crippen molar-refractivity contribution in [2.24, 2.45) is 0 Å². The molecule has 0 saturated heterocycles. The Morgan fingerprint density at radius 1 is 1.14 bits per heavy atom. The molecule has 1 aromatic heterocycles. The number of halogens is 2.